The highest BCUT2D eigenvalue weighted by atomic mass is 32.2. The Morgan fingerprint density at radius 3 is 2.28 bits per heavy atom. The van der Waals surface area contributed by atoms with Gasteiger partial charge in [0.1, 0.15) is 10.6 Å². The molecule has 200 valence electrons. The van der Waals surface area contributed by atoms with E-state index in [2.05, 4.69) is 15.0 Å². The highest BCUT2D eigenvalue weighted by Gasteiger charge is 2.31. The van der Waals surface area contributed by atoms with E-state index in [9.17, 15) is 18.3 Å². The Kier molecular flexibility index (Phi) is 9.58. The Hall–Kier alpha value is -2.60. The average Bonchev–Trinajstić information content (AvgIpc) is 2.75. The molecule has 0 saturated carbocycles. The number of ether oxygens (including phenoxy) is 1. The van der Waals surface area contributed by atoms with Gasteiger partial charge in [-0.25, -0.2) is 13.1 Å². The van der Waals surface area contributed by atoms with Gasteiger partial charge in [0.15, 0.2) is 11.6 Å². The van der Waals surface area contributed by atoms with Crippen LogP contribution in [0, 0.1) is 19.3 Å². The van der Waals surface area contributed by atoms with Crippen LogP contribution in [0.5, 0.6) is 5.88 Å². The number of pyridine rings is 1. The second-order valence-corrected chi connectivity index (χ2v) is 12.3. The standard InChI is InChI=1S/C25H38N4O6S/c1-17-18(2)22(31)29(12-14-35-15-13-30)23(32)21(17)27-26-19-10-8-9-11-20(19)36(33,34)28-25(6,7)16-24(3,4)5/h8-11,28,30-31H,12-16H2,1-7H3. The Bertz CT molecular complexity index is 1260. The zero-order valence-electron chi connectivity index (χ0n) is 22.1. The second kappa shape index (κ2) is 11.6. The Balaban J connectivity index is 2.46. The lowest BCUT2D eigenvalue weighted by Crippen LogP contribution is -2.45. The molecule has 2 rings (SSSR count). The average molecular weight is 523 g/mol. The normalized spacial score (nSPS) is 13.0. The minimum Gasteiger partial charge on any atom is -0.494 e. The van der Waals surface area contributed by atoms with E-state index in [4.69, 9.17) is 9.84 Å². The third-order valence-corrected chi connectivity index (χ3v) is 7.19. The molecule has 0 saturated heterocycles. The first kappa shape index (κ1) is 29.6. The van der Waals surface area contributed by atoms with Gasteiger partial charge in [0.25, 0.3) is 5.56 Å². The summed E-state index contributed by atoms with van der Waals surface area (Å²) in [6.07, 6.45) is 0.608. The third-order valence-electron chi connectivity index (χ3n) is 5.45. The van der Waals surface area contributed by atoms with Gasteiger partial charge in [-0.1, -0.05) is 32.9 Å². The molecular weight excluding hydrogens is 484 g/mol. The predicted octanol–water partition coefficient (Wildman–Crippen LogP) is 4.09. The van der Waals surface area contributed by atoms with E-state index >= 15 is 0 Å². The van der Waals surface area contributed by atoms with E-state index in [1.807, 2.05) is 34.6 Å². The summed E-state index contributed by atoms with van der Waals surface area (Å²) in [7, 11) is -3.95. The van der Waals surface area contributed by atoms with Gasteiger partial charge in [-0.05, 0) is 57.2 Å². The zero-order valence-corrected chi connectivity index (χ0v) is 22.9. The predicted molar refractivity (Wildman–Crippen MR) is 139 cm³/mol. The summed E-state index contributed by atoms with van der Waals surface area (Å²) >= 11 is 0. The van der Waals surface area contributed by atoms with Crippen molar-refractivity contribution in [1.29, 1.82) is 0 Å². The SMILES string of the molecule is Cc1c(C)c(O)n(CCOCCO)c(=O)c1N=Nc1ccccc1S(=O)(=O)NC(C)(C)CC(C)(C)C. The number of aliphatic hydroxyl groups excluding tert-OH is 1. The van der Waals surface area contributed by atoms with Crippen molar-refractivity contribution in [2.24, 2.45) is 15.6 Å². The number of nitrogens with zero attached hydrogens (tertiary/aromatic N) is 3. The van der Waals surface area contributed by atoms with Crippen LogP contribution in [0.4, 0.5) is 11.4 Å². The van der Waals surface area contributed by atoms with Gasteiger partial charge in [-0.3, -0.25) is 9.36 Å². The molecule has 0 radical (unpaired) electrons. The van der Waals surface area contributed by atoms with Gasteiger partial charge in [0, 0.05) is 11.1 Å². The van der Waals surface area contributed by atoms with Gasteiger partial charge in [-0.2, -0.15) is 0 Å². The number of sulfonamides is 1. The molecule has 1 aromatic heterocycles. The van der Waals surface area contributed by atoms with Gasteiger partial charge in [0.05, 0.1) is 26.4 Å². The molecule has 11 heteroatoms. The van der Waals surface area contributed by atoms with E-state index in [1.54, 1.807) is 26.0 Å². The second-order valence-electron chi connectivity index (χ2n) is 10.6. The van der Waals surface area contributed by atoms with Crippen LogP contribution in [0.25, 0.3) is 0 Å². The Morgan fingerprint density at radius 2 is 1.67 bits per heavy atom. The van der Waals surface area contributed by atoms with Crippen LogP contribution in [0.2, 0.25) is 0 Å². The van der Waals surface area contributed by atoms with Crippen LogP contribution in [0.1, 0.15) is 52.2 Å². The molecule has 36 heavy (non-hydrogen) atoms. The van der Waals surface area contributed by atoms with Gasteiger partial charge >= 0.3 is 0 Å². The molecular formula is C25H38N4O6S. The zero-order chi connectivity index (χ0) is 27.3. The first-order valence-electron chi connectivity index (χ1n) is 11.8. The highest BCUT2D eigenvalue weighted by Crippen LogP contribution is 2.32. The lowest BCUT2D eigenvalue weighted by molar-refractivity contribution is 0.0853. The number of azo groups is 1. The number of aromatic hydroxyl groups is 1. The van der Waals surface area contributed by atoms with Crippen molar-refractivity contribution in [3.05, 3.63) is 45.7 Å². The number of aromatic nitrogens is 1. The quantitative estimate of drug-likeness (QED) is 0.300. The fourth-order valence-electron chi connectivity index (χ4n) is 4.23. The maximum atomic E-state index is 13.3. The number of aliphatic hydroxyl groups is 1. The van der Waals surface area contributed by atoms with Crippen LogP contribution in [0.15, 0.2) is 44.2 Å². The molecule has 10 nitrogen and oxygen atoms in total. The Morgan fingerprint density at radius 1 is 1.03 bits per heavy atom. The molecule has 3 N–H and O–H groups in total. The number of hydrogen-bond acceptors (Lipinski definition) is 8. The van der Waals surface area contributed by atoms with Crippen molar-refractivity contribution in [3.8, 4) is 5.88 Å². The first-order chi connectivity index (χ1) is 16.6. The van der Waals surface area contributed by atoms with Crippen LogP contribution in [-0.4, -0.2) is 48.6 Å². The molecule has 2 aromatic rings. The number of benzene rings is 1. The highest BCUT2D eigenvalue weighted by molar-refractivity contribution is 7.89. The first-order valence-corrected chi connectivity index (χ1v) is 13.2. The minimum absolute atomic E-state index is 0.0133. The van der Waals surface area contributed by atoms with Crippen molar-refractivity contribution in [2.45, 2.75) is 71.9 Å². The number of hydrogen-bond donors (Lipinski definition) is 3. The maximum absolute atomic E-state index is 13.3. The molecule has 1 heterocycles. The molecule has 0 spiro atoms. The summed E-state index contributed by atoms with van der Waals surface area (Å²) in [5, 5.41) is 27.6. The lowest BCUT2D eigenvalue weighted by atomic mass is 9.82. The van der Waals surface area contributed by atoms with E-state index in [1.165, 1.54) is 12.1 Å². The van der Waals surface area contributed by atoms with Crippen molar-refractivity contribution < 1.29 is 23.4 Å². The molecule has 0 fully saturated rings. The fraction of sp³-hybridized carbons (Fsp3) is 0.560. The molecule has 0 unspecified atom stereocenters. The largest absolute Gasteiger partial charge is 0.494 e. The van der Waals surface area contributed by atoms with Crippen molar-refractivity contribution in [3.63, 3.8) is 0 Å². The topological polar surface area (TPSA) is 143 Å². The van der Waals surface area contributed by atoms with Crippen molar-refractivity contribution in [2.75, 3.05) is 19.8 Å². The fourth-order valence-corrected chi connectivity index (χ4v) is 5.78. The van der Waals surface area contributed by atoms with Crippen molar-refractivity contribution >= 4 is 21.4 Å². The van der Waals surface area contributed by atoms with Gasteiger partial charge in [-0.15, -0.1) is 10.2 Å². The summed E-state index contributed by atoms with van der Waals surface area (Å²) in [5.74, 6) is -0.211. The monoisotopic (exact) mass is 522 g/mol. The van der Waals surface area contributed by atoms with Crippen LogP contribution >= 0.6 is 0 Å². The summed E-state index contributed by atoms with van der Waals surface area (Å²) in [6, 6.07) is 6.19. The van der Waals surface area contributed by atoms with E-state index < -0.39 is 21.1 Å². The summed E-state index contributed by atoms with van der Waals surface area (Å²) in [6.45, 7) is 13.2. The van der Waals surface area contributed by atoms with Crippen LogP contribution in [-0.2, 0) is 21.3 Å². The maximum Gasteiger partial charge on any atom is 0.281 e. The van der Waals surface area contributed by atoms with Gasteiger partial charge < -0.3 is 14.9 Å². The lowest BCUT2D eigenvalue weighted by Gasteiger charge is -2.33. The molecule has 0 atom stereocenters. The number of rotatable bonds is 11. The van der Waals surface area contributed by atoms with E-state index in [0.717, 1.165) is 4.57 Å². The van der Waals surface area contributed by atoms with Crippen LogP contribution in [0.3, 0.4) is 0 Å². The Labute approximate surface area is 213 Å². The molecule has 0 amide bonds. The summed E-state index contributed by atoms with van der Waals surface area (Å²) < 4.78 is 35.7. The molecule has 1 aromatic carbocycles. The van der Waals surface area contributed by atoms with Crippen molar-refractivity contribution in [1.82, 2.24) is 9.29 Å². The van der Waals surface area contributed by atoms with E-state index in [0.29, 0.717) is 17.5 Å². The summed E-state index contributed by atoms with van der Waals surface area (Å²) in [5.41, 5.74) is -0.451. The van der Waals surface area contributed by atoms with E-state index in [-0.39, 0.29) is 53.9 Å². The summed E-state index contributed by atoms with van der Waals surface area (Å²) in [4.78, 5) is 13.0. The molecule has 0 bridgehead atoms. The smallest absolute Gasteiger partial charge is 0.281 e. The van der Waals surface area contributed by atoms with Gasteiger partial charge in [0.2, 0.25) is 10.0 Å². The molecule has 0 aliphatic rings. The molecule has 0 aliphatic carbocycles. The minimum atomic E-state index is -3.95. The third kappa shape index (κ3) is 7.70. The molecule has 0 aliphatic heterocycles. The van der Waals surface area contributed by atoms with Crippen LogP contribution < -0.4 is 10.3 Å². The number of nitrogens with one attached hydrogen (secondary N) is 1.